The van der Waals surface area contributed by atoms with Crippen LogP contribution >= 0.6 is 0 Å². The molecule has 0 aliphatic carbocycles. The Balaban J connectivity index is 2.10. The fraction of sp³-hybridized carbons (Fsp3) is 0.214. The molecule has 1 aromatic heterocycles. The number of alkyl halides is 2. The number of carbonyl (C=O) groups excluding carboxylic acids is 1. The van der Waals surface area contributed by atoms with Crippen LogP contribution in [0.15, 0.2) is 30.6 Å². The summed E-state index contributed by atoms with van der Waals surface area (Å²) in [7, 11) is 0. The quantitative estimate of drug-likeness (QED) is 0.805. The minimum Gasteiger partial charge on any atom is -0.481 e. The molecule has 0 saturated carbocycles. The zero-order valence-corrected chi connectivity index (χ0v) is 12.1. The highest BCUT2D eigenvalue weighted by Gasteiger charge is 2.15. The third-order valence-corrected chi connectivity index (χ3v) is 2.86. The number of nitrogens with zero attached hydrogens (tertiary/aromatic N) is 2. The van der Waals surface area contributed by atoms with Crippen molar-refractivity contribution in [3.63, 3.8) is 0 Å². The molecule has 1 aromatic carbocycles. The second-order valence-electron chi connectivity index (χ2n) is 4.61. The van der Waals surface area contributed by atoms with Crippen LogP contribution in [0.1, 0.15) is 16.8 Å². The van der Waals surface area contributed by atoms with Crippen molar-refractivity contribution in [3.8, 4) is 5.75 Å². The molecule has 0 spiro atoms. The number of halogens is 3. The van der Waals surface area contributed by atoms with Crippen molar-refractivity contribution >= 4 is 17.6 Å². The zero-order chi connectivity index (χ0) is 17.7. The number of hydrogen-bond acceptors (Lipinski definition) is 4. The van der Waals surface area contributed by atoms with Gasteiger partial charge in [0.25, 0.3) is 5.91 Å². The van der Waals surface area contributed by atoms with Gasteiger partial charge in [-0.05, 0) is 12.1 Å². The highest BCUT2D eigenvalue weighted by molar-refractivity contribution is 6.04. The first-order chi connectivity index (χ1) is 11.3. The summed E-state index contributed by atoms with van der Waals surface area (Å²) in [5.74, 6) is -3.03. The molecule has 0 saturated heterocycles. The molecule has 0 unspecified atom stereocenters. The summed E-state index contributed by atoms with van der Waals surface area (Å²) in [6.45, 7) is -3.11. The predicted molar refractivity (Wildman–Crippen MR) is 75.5 cm³/mol. The van der Waals surface area contributed by atoms with Crippen molar-refractivity contribution in [1.82, 2.24) is 9.78 Å². The van der Waals surface area contributed by atoms with Gasteiger partial charge in [-0.15, -0.1) is 0 Å². The van der Waals surface area contributed by atoms with E-state index in [1.807, 2.05) is 0 Å². The molecular formula is C14H12F3N3O4. The second kappa shape index (κ2) is 7.49. The van der Waals surface area contributed by atoms with E-state index in [0.717, 1.165) is 18.2 Å². The van der Waals surface area contributed by atoms with Crippen LogP contribution in [0.2, 0.25) is 0 Å². The number of carboxylic acid groups (broad SMARTS) is 1. The number of benzene rings is 1. The first kappa shape index (κ1) is 17.3. The zero-order valence-electron chi connectivity index (χ0n) is 12.1. The summed E-state index contributed by atoms with van der Waals surface area (Å²) in [4.78, 5) is 22.6. The molecule has 128 valence electrons. The van der Waals surface area contributed by atoms with Gasteiger partial charge in [0.05, 0.1) is 30.4 Å². The van der Waals surface area contributed by atoms with E-state index < -0.39 is 30.1 Å². The molecule has 2 N–H and O–H groups in total. The van der Waals surface area contributed by atoms with Gasteiger partial charge >= 0.3 is 12.6 Å². The Hall–Kier alpha value is -3.04. The van der Waals surface area contributed by atoms with Crippen molar-refractivity contribution in [1.29, 1.82) is 0 Å². The maximum absolute atomic E-state index is 13.1. The SMILES string of the molecule is O=C(O)CCn1cc(C(=O)Nc2ccc(F)cc2OC(F)F)cn1. The molecule has 0 aliphatic rings. The standard InChI is InChI=1S/C14H12F3N3O4/c15-9-1-2-10(11(5-9)24-14(16)17)19-13(23)8-6-18-20(7-8)4-3-12(21)22/h1-2,5-7,14H,3-4H2,(H,19,23)(H,21,22). The Labute approximate surface area is 133 Å². The van der Waals surface area contributed by atoms with Crippen molar-refractivity contribution in [2.75, 3.05) is 5.32 Å². The van der Waals surface area contributed by atoms with Gasteiger partial charge in [0.2, 0.25) is 0 Å². The van der Waals surface area contributed by atoms with Crippen molar-refractivity contribution in [2.24, 2.45) is 0 Å². The number of amides is 1. The summed E-state index contributed by atoms with van der Waals surface area (Å²) in [5.41, 5.74) is -0.0623. The first-order valence-electron chi connectivity index (χ1n) is 6.65. The molecule has 1 heterocycles. The van der Waals surface area contributed by atoms with Gasteiger partial charge in [-0.2, -0.15) is 13.9 Å². The molecule has 10 heteroatoms. The molecule has 24 heavy (non-hydrogen) atoms. The van der Waals surface area contributed by atoms with Gasteiger partial charge in [0.15, 0.2) is 5.75 Å². The van der Waals surface area contributed by atoms with E-state index in [1.54, 1.807) is 0 Å². The predicted octanol–water partition coefficient (Wildman–Crippen LogP) is 2.35. The van der Waals surface area contributed by atoms with E-state index in [9.17, 15) is 22.8 Å². The molecular weight excluding hydrogens is 331 g/mol. The maximum Gasteiger partial charge on any atom is 0.387 e. The average Bonchev–Trinajstić information content (AvgIpc) is 2.96. The molecule has 0 fully saturated rings. The lowest BCUT2D eigenvalue weighted by atomic mass is 10.2. The van der Waals surface area contributed by atoms with Crippen molar-refractivity contribution in [2.45, 2.75) is 19.6 Å². The van der Waals surface area contributed by atoms with Crippen molar-refractivity contribution in [3.05, 3.63) is 42.0 Å². The smallest absolute Gasteiger partial charge is 0.387 e. The Morgan fingerprint density at radius 3 is 2.79 bits per heavy atom. The number of nitrogens with one attached hydrogen (secondary N) is 1. The Morgan fingerprint density at radius 1 is 1.38 bits per heavy atom. The van der Waals surface area contributed by atoms with Crippen molar-refractivity contribution < 1.29 is 32.6 Å². The topological polar surface area (TPSA) is 93.5 Å². The normalized spacial score (nSPS) is 10.7. The lowest BCUT2D eigenvalue weighted by Gasteiger charge is -2.11. The fourth-order valence-electron chi connectivity index (χ4n) is 1.80. The number of carboxylic acids is 1. The highest BCUT2D eigenvalue weighted by atomic mass is 19.3. The number of ether oxygens (including phenoxy) is 1. The van der Waals surface area contributed by atoms with E-state index >= 15 is 0 Å². The van der Waals surface area contributed by atoms with Crippen LogP contribution in [0, 0.1) is 5.82 Å². The van der Waals surface area contributed by atoms with E-state index in [1.165, 1.54) is 17.1 Å². The molecule has 0 aliphatic heterocycles. The summed E-state index contributed by atoms with van der Waals surface area (Å²) in [6, 6.07) is 2.78. The Kier molecular flexibility index (Phi) is 5.40. The molecule has 1 amide bonds. The summed E-state index contributed by atoms with van der Waals surface area (Å²) >= 11 is 0. The lowest BCUT2D eigenvalue weighted by Crippen LogP contribution is -2.13. The van der Waals surface area contributed by atoms with Crippen LogP contribution in [-0.4, -0.2) is 33.4 Å². The fourth-order valence-corrected chi connectivity index (χ4v) is 1.80. The van der Waals surface area contributed by atoms with Gasteiger partial charge in [0.1, 0.15) is 5.82 Å². The van der Waals surface area contributed by atoms with Crippen LogP contribution in [0.5, 0.6) is 5.75 Å². The Bertz CT molecular complexity index is 749. The van der Waals surface area contributed by atoms with Gasteiger partial charge in [-0.1, -0.05) is 0 Å². The third kappa shape index (κ3) is 4.73. The summed E-state index contributed by atoms with van der Waals surface area (Å²) < 4.78 is 43.2. The van der Waals surface area contributed by atoms with E-state index in [2.05, 4.69) is 15.2 Å². The van der Waals surface area contributed by atoms with E-state index in [4.69, 9.17) is 5.11 Å². The van der Waals surface area contributed by atoms with Crippen LogP contribution in [0.4, 0.5) is 18.9 Å². The molecule has 2 rings (SSSR count). The largest absolute Gasteiger partial charge is 0.481 e. The van der Waals surface area contributed by atoms with Gasteiger partial charge in [-0.25, -0.2) is 4.39 Å². The van der Waals surface area contributed by atoms with Gasteiger partial charge in [0, 0.05) is 12.3 Å². The van der Waals surface area contributed by atoms with E-state index in [-0.39, 0.29) is 24.2 Å². The van der Waals surface area contributed by atoms with Gasteiger partial charge < -0.3 is 15.2 Å². The molecule has 0 atom stereocenters. The minimum atomic E-state index is -3.18. The number of anilines is 1. The lowest BCUT2D eigenvalue weighted by molar-refractivity contribution is -0.137. The van der Waals surface area contributed by atoms with Gasteiger partial charge in [-0.3, -0.25) is 14.3 Å². The average molecular weight is 343 g/mol. The number of aryl methyl sites for hydroxylation is 1. The highest BCUT2D eigenvalue weighted by Crippen LogP contribution is 2.27. The molecule has 2 aromatic rings. The number of carbonyl (C=O) groups is 2. The number of aliphatic carboxylic acids is 1. The van der Waals surface area contributed by atoms with Crippen LogP contribution in [0.25, 0.3) is 0 Å². The summed E-state index contributed by atoms with van der Waals surface area (Å²) in [6.07, 6.45) is 2.32. The van der Waals surface area contributed by atoms with Crippen LogP contribution in [-0.2, 0) is 11.3 Å². The number of rotatable bonds is 7. The Morgan fingerprint density at radius 2 is 2.12 bits per heavy atom. The second-order valence-corrected chi connectivity index (χ2v) is 4.61. The summed E-state index contributed by atoms with van der Waals surface area (Å²) in [5, 5.41) is 14.7. The number of hydrogen-bond donors (Lipinski definition) is 2. The molecule has 0 bridgehead atoms. The van der Waals surface area contributed by atoms with Crippen LogP contribution < -0.4 is 10.1 Å². The molecule has 0 radical (unpaired) electrons. The minimum absolute atomic E-state index is 0.0684. The monoisotopic (exact) mass is 343 g/mol. The third-order valence-electron chi connectivity index (χ3n) is 2.86. The molecule has 7 nitrogen and oxygen atoms in total. The van der Waals surface area contributed by atoms with Crippen LogP contribution in [0.3, 0.4) is 0 Å². The number of aromatic nitrogens is 2. The first-order valence-corrected chi connectivity index (χ1v) is 6.65. The maximum atomic E-state index is 13.1. The van der Waals surface area contributed by atoms with E-state index in [0.29, 0.717) is 0 Å².